The van der Waals surface area contributed by atoms with Gasteiger partial charge in [-0.05, 0) is 0 Å². The van der Waals surface area contributed by atoms with Gasteiger partial charge >= 0.3 is 0 Å². The Hall–Kier alpha value is -0.440. The van der Waals surface area contributed by atoms with Gasteiger partial charge in [-0.15, -0.1) is 0 Å². The zero-order valence-electron chi connectivity index (χ0n) is 4.42. The first-order valence-electron chi connectivity index (χ1n) is 2.34. The van der Waals surface area contributed by atoms with Crippen molar-refractivity contribution in [1.82, 2.24) is 0 Å². The van der Waals surface area contributed by atoms with Crippen molar-refractivity contribution in [3.63, 3.8) is 0 Å². The number of ether oxygens (including phenoxy) is 1. The molecule has 0 atom stereocenters. The lowest BCUT2D eigenvalue weighted by atomic mass is 10.7. The fraction of sp³-hybridized carbons (Fsp3) is 1.00. The molecule has 0 heterocycles. The summed E-state index contributed by atoms with van der Waals surface area (Å²) in [5.41, 5.74) is 0. The van der Waals surface area contributed by atoms with Crippen LogP contribution in [0.5, 0.6) is 0 Å². The maximum atomic E-state index is 9.37. The standard InChI is InChI=1S/C4H9NO2/c1-2-7-4-3-5-6/h2-4H2,1H3/p+1. The van der Waals surface area contributed by atoms with E-state index in [2.05, 4.69) is 9.91 Å². The number of rotatable bonds is 4. The molecule has 0 aromatic carbocycles. The zero-order valence-corrected chi connectivity index (χ0v) is 4.42. The van der Waals surface area contributed by atoms with Crippen molar-refractivity contribution in [1.29, 1.82) is 0 Å². The van der Waals surface area contributed by atoms with E-state index in [1.807, 2.05) is 6.92 Å². The summed E-state index contributed by atoms with van der Waals surface area (Å²) >= 11 is 0. The quantitative estimate of drug-likeness (QED) is 0.287. The monoisotopic (exact) mass is 104 g/mol. The molecule has 0 aliphatic heterocycles. The minimum Gasteiger partial charge on any atom is -0.432 e. The molecule has 0 saturated carbocycles. The third kappa shape index (κ3) is 5.56. The molecule has 0 aromatic heterocycles. The number of hydrogen-bond donors (Lipinski definition) is 0. The molecule has 0 saturated heterocycles. The molecule has 3 heteroatoms. The van der Waals surface area contributed by atoms with Crippen molar-refractivity contribution >= 4 is 0 Å². The van der Waals surface area contributed by atoms with E-state index >= 15 is 0 Å². The number of hydrogen-bond acceptors (Lipinski definition) is 2. The van der Waals surface area contributed by atoms with Crippen LogP contribution in [0.2, 0.25) is 0 Å². The van der Waals surface area contributed by atoms with Gasteiger partial charge in [-0.25, -0.2) is 0 Å². The van der Waals surface area contributed by atoms with Crippen LogP contribution in [-0.2, 0) is 0 Å². The van der Waals surface area contributed by atoms with Crippen molar-refractivity contribution in [2.24, 2.45) is 5.18 Å². The molecular weight excluding hydrogens is 94.0 g/mol. The SMILES string of the molecule is CC[OH+]CCN=O. The van der Waals surface area contributed by atoms with E-state index in [4.69, 9.17) is 0 Å². The molecular formula is C4H10NO2+. The zero-order chi connectivity index (χ0) is 5.54. The van der Waals surface area contributed by atoms with E-state index in [0.29, 0.717) is 13.2 Å². The average Bonchev–Trinajstić information content (AvgIpc) is 1.69. The second-order valence-electron chi connectivity index (χ2n) is 1.12. The summed E-state index contributed by atoms with van der Waals surface area (Å²) < 4.78 is 3.87. The van der Waals surface area contributed by atoms with Gasteiger partial charge in [0.2, 0.25) is 0 Å². The van der Waals surface area contributed by atoms with Crippen LogP contribution in [-0.4, -0.2) is 24.5 Å². The van der Waals surface area contributed by atoms with Crippen molar-refractivity contribution in [3.05, 3.63) is 4.91 Å². The van der Waals surface area contributed by atoms with Gasteiger partial charge in [0.1, 0.15) is 13.2 Å². The van der Waals surface area contributed by atoms with Gasteiger partial charge in [0, 0.05) is 6.92 Å². The van der Waals surface area contributed by atoms with Gasteiger partial charge in [0.25, 0.3) is 0 Å². The van der Waals surface area contributed by atoms with Gasteiger partial charge in [0.05, 0.1) is 0 Å². The van der Waals surface area contributed by atoms with Crippen LogP contribution in [0.4, 0.5) is 0 Å². The Kier molecular flexibility index (Phi) is 5.21. The molecule has 3 nitrogen and oxygen atoms in total. The van der Waals surface area contributed by atoms with Gasteiger partial charge in [0.15, 0.2) is 6.61 Å². The van der Waals surface area contributed by atoms with Crippen LogP contribution in [0.3, 0.4) is 0 Å². The van der Waals surface area contributed by atoms with Gasteiger partial charge in [-0.1, -0.05) is 5.18 Å². The molecule has 0 radical (unpaired) electrons. The highest BCUT2D eigenvalue weighted by molar-refractivity contribution is 4.33. The molecule has 0 aromatic rings. The predicted molar refractivity (Wildman–Crippen MR) is 28.3 cm³/mol. The van der Waals surface area contributed by atoms with E-state index in [1.165, 1.54) is 0 Å². The third-order valence-corrected chi connectivity index (χ3v) is 0.573. The summed E-state index contributed by atoms with van der Waals surface area (Å²) in [5, 5.41) is 2.63. The van der Waals surface area contributed by atoms with Crippen molar-refractivity contribution < 1.29 is 4.74 Å². The molecule has 0 aliphatic carbocycles. The third-order valence-electron chi connectivity index (χ3n) is 0.573. The average molecular weight is 104 g/mol. The second kappa shape index (κ2) is 5.56. The summed E-state index contributed by atoms with van der Waals surface area (Å²) in [7, 11) is 0. The number of nitroso groups, excluding NO2 is 1. The fourth-order valence-corrected chi connectivity index (χ4v) is 0.270. The van der Waals surface area contributed by atoms with E-state index in [-0.39, 0.29) is 0 Å². The Morgan fingerprint density at radius 2 is 2.43 bits per heavy atom. The Bertz CT molecular complexity index is 47.0. The van der Waals surface area contributed by atoms with E-state index in [0.717, 1.165) is 6.61 Å². The summed E-state index contributed by atoms with van der Waals surface area (Å²) in [6, 6.07) is 0. The predicted octanol–water partition coefficient (Wildman–Crippen LogP) is 0.301. The first-order valence-corrected chi connectivity index (χ1v) is 2.34. The summed E-state index contributed by atoms with van der Waals surface area (Å²) in [6.45, 7) is 3.63. The maximum absolute atomic E-state index is 9.37. The Morgan fingerprint density at radius 1 is 1.71 bits per heavy atom. The highest BCUT2D eigenvalue weighted by atomic mass is 16.5. The van der Waals surface area contributed by atoms with Gasteiger partial charge in [-0.3, -0.25) is 0 Å². The van der Waals surface area contributed by atoms with Crippen molar-refractivity contribution in [2.45, 2.75) is 6.92 Å². The van der Waals surface area contributed by atoms with E-state index in [9.17, 15) is 4.91 Å². The van der Waals surface area contributed by atoms with Crippen molar-refractivity contribution in [2.75, 3.05) is 19.8 Å². The summed E-state index contributed by atoms with van der Waals surface area (Å²) in [6.07, 6.45) is 0. The highest BCUT2D eigenvalue weighted by Crippen LogP contribution is 1.67. The summed E-state index contributed by atoms with van der Waals surface area (Å²) in [4.78, 5) is 9.37. The number of aliphatic hydroxyl groups is 2. The first kappa shape index (κ1) is 6.56. The van der Waals surface area contributed by atoms with Crippen molar-refractivity contribution in [3.8, 4) is 0 Å². The van der Waals surface area contributed by atoms with Crippen LogP contribution in [0.15, 0.2) is 5.18 Å². The molecule has 0 spiro atoms. The molecule has 0 unspecified atom stereocenters. The fourth-order valence-electron chi connectivity index (χ4n) is 0.270. The first-order chi connectivity index (χ1) is 3.41. The van der Waals surface area contributed by atoms with E-state index < -0.39 is 0 Å². The molecule has 0 amide bonds. The van der Waals surface area contributed by atoms with E-state index in [1.54, 1.807) is 0 Å². The Balaban J connectivity index is 2.56. The Labute approximate surface area is 42.6 Å². The topological polar surface area (TPSA) is 42.2 Å². The molecule has 7 heavy (non-hydrogen) atoms. The lowest BCUT2D eigenvalue weighted by Gasteiger charge is -1.87. The van der Waals surface area contributed by atoms with Crippen LogP contribution < -0.4 is 0 Å². The molecule has 0 fully saturated rings. The number of nitrogens with zero attached hydrogens (tertiary/aromatic N) is 1. The van der Waals surface area contributed by atoms with Crippen LogP contribution in [0, 0.1) is 4.91 Å². The molecule has 0 aliphatic rings. The van der Waals surface area contributed by atoms with Crippen LogP contribution in [0.25, 0.3) is 0 Å². The lowest BCUT2D eigenvalue weighted by molar-refractivity contribution is -0.0218. The molecule has 1 N–H and O–H groups in total. The summed E-state index contributed by atoms with van der Waals surface area (Å²) in [5.74, 6) is 0. The Morgan fingerprint density at radius 3 is 2.86 bits per heavy atom. The smallest absolute Gasteiger partial charge is 0.168 e. The van der Waals surface area contributed by atoms with Crippen LogP contribution >= 0.6 is 0 Å². The molecule has 42 valence electrons. The largest absolute Gasteiger partial charge is 0.432 e. The maximum Gasteiger partial charge on any atom is 0.168 e. The van der Waals surface area contributed by atoms with Gasteiger partial charge in [-0.2, -0.15) is 4.91 Å². The highest BCUT2D eigenvalue weighted by Gasteiger charge is 1.83. The minimum absolute atomic E-state index is 0.327. The molecule has 0 rings (SSSR count). The molecule has 0 bridgehead atoms. The van der Waals surface area contributed by atoms with Gasteiger partial charge < -0.3 is 4.74 Å². The second-order valence-corrected chi connectivity index (χ2v) is 1.12. The minimum atomic E-state index is 0.327. The lowest BCUT2D eigenvalue weighted by Crippen LogP contribution is -2.01. The van der Waals surface area contributed by atoms with Crippen LogP contribution in [0.1, 0.15) is 6.92 Å². The normalized spacial score (nSPS) is 8.71.